The number of aryl methyl sites for hydroxylation is 1. The van der Waals surface area contributed by atoms with Crippen LogP contribution in [0.25, 0.3) is 0 Å². The van der Waals surface area contributed by atoms with E-state index in [1.54, 1.807) is 25.1 Å². The third kappa shape index (κ3) is 3.11. The van der Waals surface area contributed by atoms with Gasteiger partial charge in [-0.05, 0) is 30.7 Å². The van der Waals surface area contributed by atoms with Gasteiger partial charge in [-0.25, -0.2) is 0 Å². The van der Waals surface area contributed by atoms with E-state index in [-0.39, 0.29) is 5.43 Å². The zero-order valence-electron chi connectivity index (χ0n) is 10.0. The van der Waals surface area contributed by atoms with Gasteiger partial charge in [0.2, 0.25) is 5.43 Å². The second-order valence-electron chi connectivity index (χ2n) is 4.01. The Morgan fingerprint density at radius 1 is 1.11 bits per heavy atom. The molecule has 0 radical (unpaired) electrons. The first-order chi connectivity index (χ1) is 8.66. The van der Waals surface area contributed by atoms with Gasteiger partial charge >= 0.3 is 0 Å². The number of rotatable bonds is 3. The molecule has 0 saturated heterocycles. The lowest BCUT2D eigenvalue weighted by atomic mass is 10.2. The van der Waals surface area contributed by atoms with Crippen molar-refractivity contribution < 1.29 is 4.74 Å². The Kier molecular flexibility index (Phi) is 4.00. The van der Waals surface area contributed by atoms with Gasteiger partial charge in [0, 0.05) is 10.6 Å². The summed E-state index contributed by atoms with van der Waals surface area (Å²) in [5.41, 5.74) is 1.47. The number of halogens is 1. The fourth-order valence-corrected chi connectivity index (χ4v) is 1.82. The predicted molar refractivity (Wildman–Crippen MR) is 73.2 cm³/mol. The molecule has 0 heterocycles. The highest BCUT2D eigenvalue weighted by atomic mass is 35.5. The summed E-state index contributed by atoms with van der Waals surface area (Å²) >= 11 is 5.90. The van der Waals surface area contributed by atoms with Crippen LogP contribution < -0.4 is 10.2 Å². The molecule has 2 nitrogen and oxygen atoms in total. The molecular formula is C15H13ClO2. The van der Waals surface area contributed by atoms with Crippen molar-refractivity contribution in [3.05, 3.63) is 74.9 Å². The van der Waals surface area contributed by atoms with Crippen molar-refractivity contribution in [2.75, 3.05) is 0 Å². The van der Waals surface area contributed by atoms with E-state index in [0.29, 0.717) is 22.9 Å². The third-order valence-corrected chi connectivity index (χ3v) is 2.80. The summed E-state index contributed by atoms with van der Waals surface area (Å²) in [6.45, 7) is 2.10. The Morgan fingerprint density at radius 3 is 2.56 bits per heavy atom. The topological polar surface area (TPSA) is 26.3 Å². The normalized spacial score (nSPS) is 10.1. The second-order valence-corrected chi connectivity index (χ2v) is 4.45. The predicted octanol–water partition coefficient (Wildman–Crippen LogP) is 3.59. The monoisotopic (exact) mass is 260 g/mol. The summed E-state index contributed by atoms with van der Waals surface area (Å²) in [7, 11) is 0. The Morgan fingerprint density at radius 2 is 1.83 bits per heavy atom. The van der Waals surface area contributed by atoms with Gasteiger partial charge in [-0.2, -0.15) is 0 Å². The molecule has 0 amide bonds. The minimum Gasteiger partial charge on any atom is -0.485 e. The average Bonchev–Trinajstić information content (AvgIpc) is 2.50. The van der Waals surface area contributed by atoms with Crippen molar-refractivity contribution in [1.29, 1.82) is 0 Å². The molecule has 3 heteroatoms. The fraction of sp³-hybridized carbons (Fsp3) is 0.133. The SMILES string of the molecule is Cc1cc(Cl)ccc(OCc2ccccc2)c1=O. The summed E-state index contributed by atoms with van der Waals surface area (Å²) in [6, 6.07) is 14.6. The summed E-state index contributed by atoms with van der Waals surface area (Å²) in [6.07, 6.45) is 0. The standard InChI is InChI=1S/C15H13ClO2/c1-11-9-13(16)7-8-14(15(11)17)18-10-12-5-3-2-4-6-12/h2-9H,10H2,1H3. The molecule has 0 aliphatic rings. The number of hydrogen-bond donors (Lipinski definition) is 0. The lowest BCUT2D eigenvalue weighted by Crippen LogP contribution is -2.07. The molecule has 0 aliphatic carbocycles. The summed E-state index contributed by atoms with van der Waals surface area (Å²) in [4.78, 5) is 12.0. The van der Waals surface area contributed by atoms with Crippen molar-refractivity contribution in [2.45, 2.75) is 13.5 Å². The Bertz CT molecular complexity index is 594. The molecule has 0 fully saturated rings. The molecule has 2 aromatic rings. The maximum atomic E-state index is 12.0. The van der Waals surface area contributed by atoms with E-state index in [4.69, 9.17) is 16.3 Å². The van der Waals surface area contributed by atoms with Gasteiger partial charge in [-0.15, -0.1) is 0 Å². The van der Waals surface area contributed by atoms with Crippen LogP contribution in [0.2, 0.25) is 5.02 Å². The van der Waals surface area contributed by atoms with E-state index in [0.717, 1.165) is 5.56 Å². The highest BCUT2D eigenvalue weighted by molar-refractivity contribution is 6.30. The first kappa shape index (κ1) is 12.7. The van der Waals surface area contributed by atoms with Gasteiger partial charge in [0.1, 0.15) is 6.61 Å². The summed E-state index contributed by atoms with van der Waals surface area (Å²) < 4.78 is 5.55. The van der Waals surface area contributed by atoms with Crippen molar-refractivity contribution >= 4 is 11.6 Å². The largest absolute Gasteiger partial charge is 0.485 e. The Balaban J connectivity index is 2.23. The van der Waals surface area contributed by atoms with Gasteiger partial charge in [0.15, 0.2) is 5.75 Å². The van der Waals surface area contributed by atoms with Crippen LogP contribution in [0.5, 0.6) is 5.75 Å². The van der Waals surface area contributed by atoms with E-state index in [1.165, 1.54) is 0 Å². The molecule has 0 unspecified atom stereocenters. The van der Waals surface area contributed by atoms with Gasteiger partial charge in [0.25, 0.3) is 0 Å². The van der Waals surface area contributed by atoms with E-state index in [2.05, 4.69) is 0 Å². The molecule has 0 aromatic heterocycles. The van der Waals surface area contributed by atoms with Gasteiger partial charge in [-0.3, -0.25) is 4.79 Å². The summed E-state index contributed by atoms with van der Waals surface area (Å²) in [5.74, 6) is 0.322. The van der Waals surface area contributed by atoms with Crippen LogP contribution in [0, 0.1) is 6.92 Å². The Hall–Kier alpha value is -1.80. The fourth-order valence-electron chi connectivity index (χ4n) is 1.59. The van der Waals surface area contributed by atoms with Crippen LogP contribution in [-0.2, 0) is 6.61 Å². The minimum atomic E-state index is -0.127. The molecule has 0 aliphatic heterocycles. The highest BCUT2D eigenvalue weighted by Crippen LogP contribution is 2.12. The van der Waals surface area contributed by atoms with Crippen molar-refractivity contribution in [2.24, 2.45) is 0 Å². The first-order valence-electron chi connectivity index (χ1n) is 5.64. The van der Waals surface area contributed by atoms with E-state index in [9.17, 15) is 4.79 Å². The molecule has 0 saturated carbocycles. The third-order valence-electron chi connectivity index (χ3n) is 2.57. The molecule has 2 rings (SSSR count). The van der Waals surface area contributed by atoms with Crippen molar-refractivity contribution in [3.8, 4) is 5.75 Å². The number of benzene rings is 1. The highest BCUT2D eigenvalue weighted by Gasteiger charge is 2.03. The van der Waals surface area contributed by atoms with E-state index in [1.807, 2.05) is 30.3 Å². The molecule has 0 N–H and O–H groups in total. The van der Waals surface area contributed by atoms with Crippen LogP contribution in [-0.4, -0.2) is 0 Å². The van der Waals surface area contributed by atoms with Crippen LogP contribution in [0.15, 0.2) is 53.3 Å². The van der Waals surface area contributed by atoms with Crippen molar-refractivity contribution in [1.82, 2.24) is 0 Å². The molecular weight excluding hydrogens is 248 g/mol. The number of hydrogen-bond acceptors (Lipinski definition) is 2. The lowest BCUT2D eigenvalue weighted by Gasteiger charge is -2.03. The zero-order chi connectivity index (χ0) is 13.0. The van der Waals surface area contributed by atoms with Crippen LogP contribution in [0.4, 0.5) is 0 Å². The molecule has 0 bridgehead atoms. The molecule has 0 spiro atoms. The lowest BCUT2D eigenvalue weighted by molar-refractivity contribution is 0.303. The van der Waals surface area contributed by atoms with Gasteiger partial charge in [0.05, 0.1) is 0 Å². The zero-order valence-corrected chi connectivity index (χ0v) is 10.8. The number of ether oxygens (including phenoxy) is 1. The molecule has 2 aromatic carbocycles. The second kappa shape index (κ2) is 5.69. The first-order valence-corrected chi connectivity index (χ1v) is 6.02. The minimum absolute atomic E-state index is 0.127. The van der Waals surface area contributed by atoms with Crippen LogP contribution >= 0.6 is 11.6 Å². The van der Waals surface area contributed by atoms with E-state index >= 15 is 0 Å². The smallest absolute Gasteiger partial charge is 0.223 e. The molecule has 18 heavy (non-hydrogen) atoms. The average molecular weight is 261 g/mol. The quantitative estimate of drug-likeness (QED) is 0.843. The van der Waals surface area contributed by atoms with Crippen LogP contribution in [0.1, 0.15) is 11.1 Å². The maximum Gasteiger partial charge on any atom is 0.223 e. The van der Waals surface area contributed by atoms with Gasteiger partial charge in [-0.1, -0.05) is 41.9 Å². The summed E-state index contributed by atoms with van der Waals surface area (Å²) in [5, 5.41) is 0.527. The Labute approximate surface area is 111 Å². The van der Waals surface area contributed by atoms with Gasteiger partial charge < -0.3 is 4.74 Å². The van der Waals surface area contributed by atoms with E-state index < -0.39 is 0 Å². The molecule has 92 valence electrons. The maximum absolute atomic E-state index is 12.0. The van der Waals surface area contributed by atoms with Crippen LogP contribution in [0.3, 0.4) is 0 Å². The van der Waals surface area contributed by atoms with Crippen molar-refractivity contribution in [3.63, 3.8) is 0 Å². The molecule has 0 atom stereocenters.